The van der Waals surface area contributed by atoms with Crippen molar-refractivity contribution in [3.63, 3.8) is 0 Å². The SMILES string of the molecule is COC1(O)CO[C@H]2[C@@H]1N(C(=O)[C@H](CC(C)C)NC(=O)c1ccc(-c3csc(N4CCN(C)CC4)n3)cc1)C[C@@H]2F. The summed E-state index contributed by atoms with van der Waals surface area (Å²) in [5.41, 5.74) is 2.16. The van der Waals surface area contributed by atoms with E-state index in [0.717, 1.165) is 42.6 Å². The zero-order valence-corrected chi connectivity index (χ0v) is 24.2. The van der Waals surface area contributed by atoms with Gasteiger partial charge < -0.3 is 34.6 Å². The second-order valence-corrected chi connectivity index (χ2v) is 12.2. The highest BCUT2D eigenvalue weighted by Gasteiger charge is 2.61. The fourth-order valence-electron chi connectivity index (χ4n) is 5.65. The first-order valence-corrected chi connectivity index (χ1v) is 14.6. The lowest BCUT2D eigenvalue weighted by Gasteiger charge is -2.35. The van der Waals surface area contributed by atoms with E-state index in [1.165, 1.54) is 12.0 Å². The molecule has 0 saturated carbocycles. The highest BCUT2D eigenvalue weighted by atomic mass is 32.1. The number of thiazole rings is 1. The average molecular weight is 576 g/mol. The number of halogens is 1. The molecule has 10 nitrogen and oxygen atoms in total. The molecule has 3 aliphatic rings. The van der Waals surface area contributed by atoms with Crippen LogP contribution in [0.5, 0.6) is 0 Å². The Morgan fingerprint density at radius 3 is 2.60 bits per heavy atom. The number of anilines is 1. The number of fused-ring (bicyclic) bond motifs is 1. The molecule has 12 heteroatoms. The molecule has 5 rings (SSSR count). The molecular weight excluding hydrogens is 537 g/mol. The number of alkyl halides is 1. The summed E-state index contributed by atoms with van der Waals surface area (Å²) in [5, 5.41) is 16.7. The highest BCUT2D eigenvalue weighted by Crippen LogP contribution is 2.38. The predicted molar refractivity (Wildman–Crippen MR) is 150 cm³/mol. The smallest absolute Gasteiger partial charge is 0.251 e. The number of benzene rings is 1. The quantitative estimate of drug-likeness (QED) is 0.461. The molecule has 1 unspecified atom stereocenters. The van der Waals surface area contributed by atoms with E-state index < -0.39 is 42.0 Å². The van der Waals surface area contributed by atoms with Crippen molar-refractivity contribution in [3.05, 3.63) is 35.2 Å². The van der Waals surface area contributed by atoms with Crippen molar-refractivity contribution in [2.45, 2.75) is 50.4 Å². The Kier molecular flexibility index (Phi) is 8.44. The van der Waals surface area contributed by atoms with Gasteiger partial charge in [-0.15, -0.1) is 11.3 Å². The second kappa shape index (κ2) is 11.7. The summed E-state index contributed by atoms with van der Waals surface area (Å²) >= 11 is 1.61. The number of rotatable bonds is 8. The number of hydrogen-bond acceptors (Lipinski definition) is 9. The second-order valence-electron chi connectivity index (χ2n) is 11.3. The summed E-state index contributed by atoms with van der Waals surface area (Å²) in [6, 6.07) is 5.25. The number of aliphatic hydroxyl groups is 1. The van der Waals surface area contributed by atoms with Crippen LogP contribution in [0.15, 0.2) is 29.6 Å². The van der Waals surface area contributed by atoms with E-state index >= 15 is 0 Å². The number of nitrogens with zero attached hydrogens (tertiary/aromatic N) is 4. The Morgan fingerprint density at radius 1 is 1.25 bits per heavy atom. The molecule has 3 aliphatic heterocycles. The van der Waals surface area contributed by atoms with Crippen LogP contribution in [0.1, 0.15) is 30.6 Å². The number of aromatic nitrogens is 1. The van der Waals surface area contributed by atoms with Gasteiger partial charge in [0.15, 0.2) is 5.13 Å². The molecule has 0 bridgehead atoms. The van der Waals surface area contributed by atoms with Crippen molar-refractivity contribution in [1.82, 2.24) is 20.1 Å². The van der Waals surface area contributed by atoms with Gasteiger partial charge in [0.2, 0.25) is 11.7 Å². The minimum atomic E-state index is -1.80. The van der Waals surface area contributed by atoms with Crippen molar-refractivity contribution in [2.24, 2.45) is 5.92 Å². The summed E-state index contributed by atoms with van der Waals surface area (Å²) in [4.78, 5) is 37.5. The van der Waals surface area contributed by atoms with E-state index in [9.17, 15) is 19.1 Å². The largest absolute Gasteiger partial charge is 0.367 e. The van der Waals surface area contributed by atoms with E-state index in [1.54, 1.807) is 23.5 Å². The molecule has 3 saturated heterocycles. The van der Waals surface area contributed by atoms with Crippen LogP contribution in [-0.2, 0) is 14.3 Å². The molecule has 2 aromatic rings. The van der Waals surface area contributed by atoms with Gasteiger partial charge in [0.05, 0.1) is 12.2 Å². The number of hydrogen-bond donors (Lipinski definition) is 2. The molecule has 2 amide bonds. The molecule has 4 heterocycles. The number of methoxy groups -OCH3 is 1. The normalized spacial score (nSPS) is 27.7. The van der Waals surface area contributed by atoms with Gasteiger partial charge in [0.1, 0.15) is 31.0 Å². The van der Waals surface area contributed by atoms with E-state index in [4.69, 9.17) is 14.5 Å². The maximum Gasteiger partial charge on any atom is 0.251 e. The maximum atomic E-state index is 14.7. The Morgan fingerprint density at radius 2 is 1.95 bits per heavy atom. The van der Waals surface area contributed by atoms with Gasteiger partial charge in [0.25, 0.3) is 5.91 Å². The maximum absolute atomic E-state index is 14.7. The minimum absolute atomic E-state index is 0.0801. The van der Waals surface area contributed by atoms with E-state index in [2.05, 4.69) is 22.2 Å². The van der Waals surface area contributed by atoms with Gasteiger partial charge in [-0.2, -0.15) is 0 Å². The van der Waals surface area contributed by atoms with Gasteiger partial charge in [-0.25, -0.2) is 9.37 Å². The van der Waals surface area contributed by atoms with Crippen LogP contribution in [0.4, 0.5) is 9.52 Å². The lowest BCUT2D eigenvalue weighted by atomic mass is 10.00. The van der Waals surface area contributed by atoms with Crippen molar-refractivity contribution in [1.29, 1.82) is 0 Å². The lowest BCUT2D eigenvalue weighted by Crippen LogP contribution is -2.58. The van der Waals surface area contributed by atoms with Crippen molar-refractivity contribution in [3.8, 4) is 11.3 Å². The van der Waals surface area contributed by atoms with Crippen LogP contribution in [0.2, 0.25) is 0 Å². The number of ether oxygens (including phenoxy) is 2. The molecule has 2 N–H and O–H groups in total. The van der Waals surface area contributed by atoms with E-state index in [1.807, 2.05) is 31.4 Å². The number of likely N-dealkylation sites (N-methyl/N-ethyl adjacent to an activating group) is 1. The van der Waals surface area contributed by atoms with Gasteiger partial charge >= 0.3 is 0 Å². The lowest BCUT2D eigenvalue weighted by molar-refractivity contribution is -0.209. The number of nitrogens with one attached hydrogen (secondary N) is 1. The average Bonchev–Trinajstić information content (AvgIpc) is 3.65. The zero-order valence-electron chi connectivity index (χ0n) is 23.4. The van der Waals surface area contributed by atoms with Crippen LogP contribution in [0.3, 0.4) is 0 Å². The highest BCUT2D eigenvalue weighted by molar-refractivity contribution is 7.14. The van der Waals surface area contributed by atoms with E-state index in [0.29, 0.717) is 12.0 Å². The van der Waals surface area contributed by atoms with Crippen LogP contribution in [-0.4, -0.2) is 115 Å². The van der Waals surface area contributed by atoms with Crippen molar-refractivity contribution < 1.29 is 28.6 Å². The topological polar surface area (TPSA) is 107 Å². The zero-order chi connectivity index (χ0) is 28.6. The molecule has 0 radical (unpaired) electrons. The molecule has 3 fully saturated rings. The van der Waals surface area contributed by atoms with Gasteiger partial charge in [-0.05, 0) is 31.5 Å². The van der Waals surface area contributed by atoms with Crippen molar-refractivity contribution >= 4 is 28.3 Å². The van der Waals surface area contributed by atoms with Gasteiger partial charge in [-0.3, -0.25) is 9.59 Å². The summed E-state index contributed by atoms with van der Waals surface area (Å²) in [7, 11) is 3.42. The third-order valence-electron chi connectivity index (χ3n) is 7.98. The first-order valence-electron chi connectivity index (χ1n) is 13.7. The Bertz CT molecular complexity index is 1200. The number of piperazine rings is 1. The van der Waals surface area contributed by atoms with Crippen LogP contribution >= 0.6 is 11.3 Å². The third kappa shape index (κ3) is 5.73. The Labute approximate surface area is 238 Å². The molecule has 0 spiro atoms. The molecule has 1 aromatic carbocycles. The third-order valence-corrected chi connectivity index (χ3v) is 8.88. The predicted octanol–water partition coefficient (Wildman–Crippen LogP) is 1.99. The van der Waals surface area contributed by atoms with Crippen molar-refractivity contribution in [2.75, 3.05) is 58.4 Å². The molecule has 40 heavy (non-hydrogen) atoms. The molecule has 1 aromatic heterocycles. The van der Waals surface area contributed by atoms with Gasteiger partial charge in [-0.1, -0.05) is 26.0 Å². The van der Waals surface area contributed by atoms with Crippen LogP contribution < -0.4 is 10.2 Å². The summed E-state index contributed by atoms with van der Waals surface area (Å²) in [6.07, 6.45) is -2.07. The van der Waals surface area contributed by atoms with Crippen LogP contribution in [0, 0.1) is 5.92 Å². The number of carbonyl (C=O) groups is 2. The molecule has 0 aliphatic carbocycles. The summed E-state index contributed by atoms with van der Waals surface area (Å²) in [5.74, 6) is -2.59. The number of likely N-dealkylation sites (tertiary alicyclic amines) is 1. The summed E-state index contributed by atoms with van der Waals surface area (Å²) in [6.45, 7) is 7.33. The molecule has 5 atom stereocenters. The fraction of sp³-hybridized carbons (Fsp3) is 0.607. The number of amides is 2. The number of carbonyl (C=O) groups excluding carboxylic acids is 2. The Balaban J connectivity index is 1.27. The Hall–Kier alpha value is -2.64. The fourth-order valence-corrected chi connectivity index (χ4v) is 6.54. The van der Waals surface area contributed by atoms with Crippen LogP contribution in [0.25, 0.3) is 11.3 Å². The molecular formula is C28H38FN5O5S. The first-order chi connectivity index (χ1) is 19.1. The standard InChI is InChI=1S/C28H38FN5O5S/c1-17(2)13-21(26(36)34-14-20(29)23-24(34)28(37,38-4)16-39-23)30-25(35)19-7-5-18(6-8-19)22-15-40-27(31-22)33-11-9-32(3)10-12-33/h5-8,15,17,20-21,23-24,37H,9-14,16H2,1-4H3,(H,30,35)/t20-,21-,23+,24-,28?/m0/s1. The van der Waals surface area contributed by atoms with Gasteiger partial charge in [0, 0.05) is 49.8 Å². The van der Waals surface area contributed by atoms with E-state index in [-0.39, 0.29) is 19.1 Å². The summed E-state index contributed by atoms with van der Waals surface area (Å²) < 4.78 is 25.4. The minimum Gasteiger partial charge on any atom is -0.367 e. The first kappa shape index (κ1) is 28.9. The monoisotopic (exact) mass is 575 g/mol. The molecule has 218 valence electrons.